The molecule has 35 heavy (non-hydrogen) atoms. The van der Waals surface area contributed by atoms with Crippen LogP contribution in [0.2, 0.25) is 5.02 Å². The van der Waals surface area contributed by atoms with E-state index >= 15 is 0 Å². The van der Waals surface area contributed by atoms with Gasteiger partial charge in [0.1, 0.15) is 11.9 Å². The second-order valence-corrected chi connectivity index (χ2v) is 11.4. The molecule has 12 heteroatoms. The van der Waals surface area contributed by atoms with Gasteiger partial charge >= 0.3 is 0 Å². The number of piperazine rings is 1. The summed E-state index contributed by atoms with van der Waals surface area (Å²) in [6.07, 6.45) is 2.53. The van der Waals surface area contributed by atoms with Crippen LogP contribution in [0.25, 0.3) is 0 Å². The fourth-order valence-corrected chi connectivity index (χ4v) is 5.84. The van der Waals surface area contributed by atoms with Crippen molar-refractivity contribution in [3.8, 4) is 5.75 Å². The molecule has 0 aromatic heterocycles. The number of primary amides is 1. The van der Waals surface area contributed by atoms with Crippen molar-refractivity contribution in [1.82, 2.24) is 19.8 Å². The van der Waals surface area contributed by atoms with Gasteiger partial charge in [-0.2, -0.15) is 4.31 Å². The Hall–Kier alpha value is -1.92. The number of ether oxygens (including phenoxy) is 1. The van der Waals surface area contributed by atoms with Crippen LogP contribution in [-0.2, 0) is 19.6 Å². The molecule has 2 saturated heterocycles. The van der Waals surface area contributed by atoms with Gasteiger partial charge in [-0.15, -0.1) is 0 Å². The van der Waals surface area contributed by atoms with Crippen LogP contribution < -0.4 is 21.1 Å². The molecule has 2 aliphatic rings. The van der Waals surface area contributed by atoms with Gasteiger partial charge < -0.3 is 21.1 Å². The number of rotatable bonds is 11. The van der Waals surface area contributed by atoms with Crippen molar-refractivity contribution < 1.29 is 22.7 Å². The molecule has 0 radical (unpaired) electrons. The maximum Gasteiger partial charge on any atom is 0.243 e. The zero-order valence-electron chi connectivity index (χ0n) is 20.2. The number of sulfonamides is 1. The number of amides is 2. The normalized spacial score (nSPS) is 19.3. The zero-order valence-corrected chi connectivity index (χ0v) is 21.7. The Morgan fingerprint density at radius 2 is 1.91 bits per heavy atom. The van der Waals surface area contributed by atoms with Gasteiger partial charge in [-0.1, -0.05) is 18.5 Å². The molecule has 2 heterocycles. The lowest BCUT2D eigenvalue weighted by molar-refractivity contribution is -0.123. The van der Waals surface area contributed by atoms with Gasteiger partial charge in [0, 0.05) is 51.6 Å². The second kappa shape index (κ2) is 12.9. The first-order chi connectivity index (χ1) is 16.7. The maximum atomic E-state index is 13.1. The Balaban J connectivity index is 1.44. The molecular weight excluding hydrogens is 494 g/mol. The lowest BCUT2D eigenvalue weighted by Gasteiger charge is -2.34. The first kappa shape index (κ1) is 27.7. The summed E-state index contributed by atoms with van der Waals surface area (Å²) < 4.78 is 33.7. The van der Waals surface area contributed by atoms with Gasteiger partial charge in [0.2, 0.25) is 21.8 Å². The first-order valence-electron chi connectivity index (χ1n) is 12.1. The van der Waals surface area contributed by atoms with Crippen LogP contribution in [0, 0.1) is 5.92 Å². The van der Waals surface area contributed by atoms with Gasteiger partial charge in [-0.05, 0) is 50.6 Å². The van der Waals surface area contributed by atoms with Gasteiger partial charge in [-0.25, -0.2) is 8.42 Å². The smallest absolute Gasteiger partial charge is 0.243 e. The van der Waals surface area contributed by atoms with Crippen molar-refractivity contribution in [2.24, 2.45) is 11.7 Å². The third kappa shape index (κ3) is 8.04. The maximum absolute atomic E-state index is 13.1. The number of carbonyl (C=O) groups excluding carboxylic acids is 2. The van der Waals surface area contributed by atoms with E-state index in [0.29, 0.717) is 56.5 Å². The molecule has 196 valence electrons. The topological polar surface area (TPSA) is 134 Å². The lowest BCUT2D eigenvalue weighted by Crippen LogP contribution is -2.50. The van der Waals surface area contributed by atoms with Crippen LogP contribution in [0.4, 0.5) is 0 Å². The Labute approximate surface area is 212 Å². The third-order valence-electron chi connectivity index (χ3n) is 6.49. The van der Waals surface area contributed by atoms with E-state index in [1.165, 1.54) is 10.4 Å². The summed E-state index contributed by atoms with van der Waals surface area (Å²) in [6.45, 7) is 6.43. The van der Waals surface area contributed by atoms with Gasteiger partial charge in [0.05, 0.1) is 9.92 Å². The average molecular weight is 530 g/mol. The number of piperidine rings is 1. The molecule has 1 aromatic carbocycles. The molecule has 3 rings (SSSR count). The summed E-state index contributed by atoms with van der Waals surface area (Å²) in [5.41, 5.74) is 5.21. The van der Waals surface area contributed by atoms with Crippen molar-refractivity contribution >= 4 is 33.4 Å². The van der Waals surface area contributed by atoms with Crippen molar-refractivity contribution in [2.75, 3.05) is 52.4 Å². The fraction of sp³-hybridized carbons (Fsp3) is 0.652. The van der Waals surface area contributed by atoms with Crippen LogP contribution in [0.1, 0.15) is 32.6 Å². The highest BCUT2D eigenvalue weighted by atomic mass is 35.5. The number of nitrogens with one attached hydrogen (secondary N) is 2. The van der Waals surface area contributed by atoms with E-state index in [2.05, 4.69) is 15.5 Å². The zero-order chi connectivity index (χ0) is 25.4. The van der Waals surface area contributed by atoms with E-state index in [4.69, 9.17) is 22.1 Å². The summed E-state index contributed by atoms with van der Waals surface area (Å²) in [5.74, 6) is -0.351. The quantitative estimate of drug-likeness (QED) is 0.386. The van der Waals surface area contributed by atoms with E-state index in [1.54, 1.807) is 19.1 Å². The number of nitrogens with zero attached hydrogens (tertiary/aromatic N) is 2. The van der Waals surface area contributed by atoms with Gasteiger partial charge in [-0.3, -0.25) is 14.5 Å². The SMILES string of the molecule is C[C@@H](CCC(=O)NCCN1CCN(S(=O)(=O)c2ccc(OC3CCNCC3)c(Cl)c2)CC1)C(N)=O. The molecule has 2 amide bonds. The largest absolute Gasteiger partial charge is 0.489 e. The minimum atomic E-state index is -3.67. The van der Waals surface area contributed by atoms with Crippen LogP contribution in [0.3, 0.4) is 0 Å². The molecule has 0 unspecified atom stereocenters. The van der Waals surface area contributed by atoms with Crippen molar-refractivity contribution in [1.29, 1.82) is 0 Å². The Bertz CT molecular complexity index is 979. The van der Waals surface area contributed by atoms with E-state index in [9.17, 15) is 18.0 Å². The van der Waals surface area contributed by atoms with E-state index < -0.39 is 15.9 Å². The van der Waals surface area contributed by atoms with Crippen LogP contribution in [0.15, 0.2) is 23.1 Å². The standard InChI is InChI=1S/C23H36ClN5O5S/c1-17(23(25)31)2-5-22(30)27-10-11-28-12-14-29(15-13-28)35(32,33)19-3-4-21(20(24)16-19)34-18-6-8-26-9-7-18/h3-4,16-18,26H,2,5-15H2,1H3,(H2,25,31)(H,27,30)/t17-/m0/s1. The van der Waals surface area contributed by atoms with Crippen molar-refractivity contribution in [3.05, 3.63) is 23.2 Å². The third-order valence-corrected chi connectivity index (χ3v) is 8.68. The highest BCUT2D eigenvalue weighted by molar-refractivity contribution is 7.89. The molecule has 4 N–H and O–H groups in total. The molecule has 0 saturated carbocycles. The van der Waals surface area contributed by atoms with E-state index in [0.717, 1.165) is 25.9 Å². The van der Waals surface area contributed by atoms with Gasteiger partial charge in [0.25, 0.3) is 0 Å². The van der Waals surface area contributed by atoms with Crippen molar-refractivity contribution in [3.63, 3.8) is 0 Å². The summed E-state index contributed by atoms with van der Waals surface area (Å²) >= 11 is 6.37. The molecule has 1 aromatic rings. The number of nitrogens with two attached hydrogens (primary N) is 1. The predicted molar refractivity (Wildman–Crippen MR) is 134 cm³/mol. The number of hydrogen-bond donors (Lipinski definition) is 3. The number of benzene rings is 1. The molecule has 0 aliphatic carbocycles. The fourth-order valence-electron chi connectivity index (χ4n) is 4.10. The molecular formula is C23H36ClN5O5S. The summed E-state index contributed by atoms with van der Waals surface area (Å²) in [7, 11) is -3.67. The number of halogens is 1. The minimum absolute atomic E-state index is 0.0766. The Kier molecular flexibility index (Phi) is 10.2. The lowest BCUT2D eigenvalue weighted by atomic mass is 10.1. The van der Waals surface area contributed by atoms with Crippen LogP contribution >= 0.6 is 11.6 Å². The Morgan fingerprint density at radius 3 is 2.54 bits per heavy atom. The summed E-state index contributed by atoms with van der Waals surface area (Å²) in [5, 5.41) is 6.41. The molecule has 1 atom stereocenters. The second-order valence-electron chi connectivity index (χ2n) is 9.10. The van der Waals surface area contributed by atoms with Gasteiger partial charge in [0.15, 0.2) is 0 Å². The highest BCUT2D eigenvalue weighted by Crippen LogP contribution is 2.30. The monoisotopic (exact) mass is 529 g/mol. The molecule has 10 nitrogen and oxygen atoms in total. The first-order valence-corrected chi connectivity index (χ1v) is 13.9. The average Bonchev–Trinajstić information content (AvgIpc) is 2.84. The Morgan fingerprint density at radius 1 is 1.23 bits per heavy atom. The molecule has 2 fully saturated rings. The minimum Gasteiger partial charge on any atom is -0.489 e. The molecule has 0 spiro atoms. The number of hydrogen-bond acceptors (Lipinski definition) is 7. The summed E-state index contributed by atoms with van der Waals surface area (Å²) in [4.78, 5) is 25.2. The van der Waals surface area contributed by atoms with E-state index in [1.807, 2.05) is 0 Å². The van der Waals surface area contributed by atoms with Crippen LogP contribution in [-0.4, -0.2) is 87.9 Å². The molecule has 2 aliphatic heterocycles. The summed E-state index contributed by atoms with van der Waals surface area (Å²) in [6, 6.07) is 4.66. The number of carbonyl (C=O) groups is 2. The molecule has 0 bridgehead atoms. The van der Waals surface area contributed by atoms with Crippen LogP contribution in [0.5, 0.6) is 5.75 Å². The highest BCUT2D eigenvalue weighted by Gasteiger charge is 2.29. The van der Waals surface area contributed by atoms with E-state index in [-0.39, 0.29) is 29.2 Å². The van der Waals surface area contributed by atoms with Crippen molar-refractivity contribution in [2.45, 2.75) is 43.6 Å². The predicted octanol–water partition coefficient (Wildman–Crippen LogP) is 0.795.